The summed E-state index contributed by atoms with van der Waals surface area (Å²) in [4.78, 5) is 28.5. The zero-order chi connectivity index (χ0) is 35.5. The Bertz CT molecular complexity index is 1610. The van der Waals surface area contributed by atoms with E-state index in [0.717, 1.165) is 19.3 Å². The highest BCUT2D eigenvalue weighted by atomic mass is 16.7. The van der Waals surface area contributed by atoms with Crippen LogP contribution in [0.1, 0.15) is 56.6 Å². The molecule has 2 heterocycles. The second kappa shape index (κ2) is 18.0. The molecule has 0 unspecified atom stereocenters. The van der Waals surface area contributed by atoms with Crippen LogP contribution in [0.4, 0.5) is 5.69 Å². The van der Waals surface area contributed by atoms with E-state index in [1.165, 1.54) is 57.8 Å². The number of hydrogen-bond acceptors (Lipinski definition) is 12. The third-order valence-electron chi connectivity index (χ3n) is 8.24. The van der Waals surface area contributed by atoms with Crippen molar-refractivity contribution in [1.82, 2.24) is 4.98 Å². The van der Waals surface area contributed by atoms with Crippen molar-refractivity contribution in [2.75, 3.05) is 32.8 Å². The van der Waals surface area contributed by atoms with Crippen LogP contribution in [0.15, 0.2) is 41.2 Å². The maximum Gasteiger partial charge on any atom is 0.291 e. The summed E-state index contributed by atoms with van der Waals surface area (Å²) in [5.74, 6) is -0.0877. The third-order valence-corrected chi connectivity index (χ3v) is 8.24. The number of ether oxygens (including phenoxy) is 5. The average Bonchev–Trinajstić information content (AvgIpc) is 3.10. The fourth-order valence-corrected chi connectivity index (χ4v) is 5.54. The maximum atomic E-state index is 12.9. The molecule has 2 aromatic carbocycles. The van der Waals surface area contributed by atoms with E-state index >= 15 is 0 Å². The number of unbranched alkanes of at least 4 members (excludes halogenated alkanes) is 5. The van der Waals surface area contributed by atoms with Crippen LogP contribution in [-0.2, 0) is 16.1 Å². The number of pyridine rings is 1. The van der Waals surface area contributed by atoms with Gasteiger partial charge in [-0.15, -0.1) is 0 Å². The predicted octanol–water partition coefficient (Wildman–Crippen LogP) is 2.61. The molecule has 4 rings (SSSR count). The highest BCUT2D eigenvalue weighted by molar-refractivity contribution is 6.03. The highest BCUT2D eigenvalue weighted by Crippen LogP contribution is 2.41. The van der Waals surface area contributed by atoms with Crippen LogP contribution < -0.4 is 29.8 Å². The van der Waals surface area contributed by atoms with Gasteiger partial charge in [0, 0.05) is 22.7 Å². The zero-order valence-corrected chi connectivity index (χ0v) is 27.9. The van der Waals surface area contributed by atoms with Crippen molar-refractivity contribution < 1.29 is 54.0 Å². The normalized spacial score (nSPS) is 20.8. The molecule has 1 saturated heterocycles. The Morgan fingerprint density at radius 1 is 0.939 bits per heavy atom. The first-order chi connectivity index (χ1) is 23.6. The first kappa shape index (κ1) is 37.6. The van der Waals surface area contributed by atoms with Crippen molar-refractivity contribution in [3.63, 3.8) is 0 Å². The highest BCUT2D eigenvalue weighted by Gasteiger charge is 2.45. The fraction of sp³-hybridized carbons (Fsp3) is 0.486. The molecular weight excluding hydrogens is 640 g/mol. The summed E-state index contributed by atoms with van der Waals surface area (Å²) in [6.07, 6.45) is 1.75. The number of aromatic nitrogens is 1. The molecule has 0 bridgehead atoms. The molecule has 1 aliphatic heterocycles. The molecule has 268 valence electrons. The van der Waals surface area contributed by atoms with E-state index in [-0.39, 0.29) is 29.6 Å². The summed E-state index contributed by atoms with van der Waals surface area (Å²) in [5, 5.41) is 53.5. The van der Waals surface area contributed by atoms with Gasteiger partial charge in [-0.1, -0.05) is 45.1 Å². The molecular formula is C35H46N2O12. The quantitative estimate of drug-likeness (QED) is 0.0808. The number of aliphatic hydroxyl groups excluding tert-OH is 5. The number of benzene rings is 2. The number of anilines is 1. The van der Waals surface area contributed by atoms with Gasteiger partial charge in [-0.3, -0.25) is 9.59 Å². The van der Waals surface area contributed by atoms with E-state index in [1.807, 2.05) is 0 Å². The topological polar surface area (TPSA) is 209 Å². The molecule has 14 nitrogen and oxygen atoms in total. The van der Waals surface area contributed by atoms with Gasteiger partial charge in [0.1, 0.15) is 24.4 Å². The minimum atomic E-state index is -1.65. The smallest absolute Gasteiger partial charge is 0.291 e. The van der Waals surface area contributed by atoms with Crippen molar-refractivity contribution in [2.45, 2.75) is 82.8 Å². The second-order valence-electron chi connectivity index (χ2n) is 11.7. The second-order valence-corrected chi connectivity index (χ2v) is 11.7. The summed E-state index contributed by atoms with van der Waals surface area (Å²) in [6.45, 7) is 1.52. The van der Waals surface area contributed by atoms with Crippen molar-refractivity contribution >= 4 is 28.6 Å². The Kier molecular flexibility index (Phi) is 13.8. The van der Waals surface area contributed by atoms with Gasteiger partial charge >= 0.3 is 0 Å². The average molecular weight is 687 g/mol. The monoisotopic (exact) mass is 686 g/mol. The number of fused-ring (bicyclic) bond motifs is 1. The van der Waals surface area contributed by atoms with Crippen LogP contribution in [0, 0.1) is 0 Å². The largest absolute Gasteiger partial charge is 0.493 e. The molecule has 14 heteroatoms. The molecule has 0 radical (unpaired) electrons. The molecule has 3 aromatic rings. The van der Waals surface area contributed by atoms with Gasteiger partial charge in [-0.05, 0) is 42.3 Å². The Hall–Kier alpha value is -4.18. The number of amides is 1. The first-order valence-electron chi connectivity index (χ1n) is 16.3. The van der Waals surface area contributed by atoms with Crippen LogP contribution in [-0.4, -0.2) is 94.6 Å². The van der Waals surface area contributed by atoms with Gasteiger partial charge in [0.05, 0.1) is 39.6 Å². The lowest BCUT2D eigenvalue weighted by Gasteiger charge is -2.39. The Labute approximate surface area is 283 Å². The number of H-pyrrole nitrogens is 1. The maximum absolute atomic E-state index is 12.9. The third kappa shape index (κ3) is 9.29. The van der Waals surface area contributed by atoms with E-state index in [9.17, 15) is 35.1 Å². The summed E-state index contributed by atoms with van der Waals surface area (Å²) >= 11 is 0. The van der Waals surface area contributed by atoms with Crippen molar-refractivity contribution in [3.8, 4) is 23.0 Å². The van der Waals surface area contributed by atoms with Gasteiger partial charge in [0.25, 0.3) is 5.56 Å². The van der Waals surface area contributed by atoms with E-state index in [2.05, 4.69) is 17.2 Å². The lowest BCUT2D eigenvalue weighted by atomic mass is 9.99. The molecule has 0 saturated carbocycles. The van der Waals surface area contributed by atoms with Gasteiger partial charge in [0.2, 0.25) is 17.9 Å². The van der Waals surface area contributed by atoms with Crippen LogP contribution in [0.5, 0.6) is 23.0 Å². The summed E-state index contributed by atoms with van der Waals surface area (Å²) in [6, 6.07) is 8.01. The summed E-state index contributed by atoms with van der Waals surface area (Å²) < 4.78 is 27.9. The minimum absolute atomic E-state index is 0.0132. The number of nitrogens with one attached hydrogen (secondary N) is 2. The van der Waals surface area contributed by atoms with Gasteiger partial charge < -0.3 is 59.5 Å². The number of carbonyl (C=O) groups excluding carboxylic acids is 1. The van der Waals surface area contributed by atoms with Crippen molar-refractivity contribution in [2.24, 2.45) is 0 Å². The molecule has 49 heavy (non-hydrogen) atoms. The number of methoxy groups -OCH3 is 2. The molecule has 5 atom stereocenters. The van der Waals surface area contributed by atoms with Gasteiger partial charge in [-0.25, -0.2) is 0 Å². The molecule has 0 aliphatic carbocycles. The van der Waals surface area contributed by atoms with Crippen LogP contribution in [0.3, 0.4) is 0 Å². The Morgan fingerprint density at radius 3 is 2.29 bits per heavy atom. The number of carbonyl (C=O) groups is 1. The van der Waals surface area contributed by atoms with Gasteiger partial charge in [-0.2, -0.15) is 0 Å². The van der Waals surface area contributed by atoms with Crippen LogP contribution >= 0.6 is 0 Å². The van der Waals surface area contributed by atoms with Crippen molar-refractivity contribution in [3.05, 3.63) is 57.9 Å². The molecule has 7 N–H and O–H groups in total. The molecule has 1 aromatic heterocycles. The zero-order valence-electron chi connectivity index (χ0n) is 27.9. The standard InChI is InChI=1S/C35H46N2O12/c1-4-5-6-7-8-9-14-47-32-23(18-38)22-12-11-21(17-24(22)37-34(32)44)36-28(40)13-10-20-15-25(45-2)33(26(16-20)46-3)49-35-31(43)30(42)29(41)27(19-39)48-35/h10-13,15-17,27,29-31,35,38-39,41-43H,4-9,14,18-19H2,1-3H3,(H,36,40)(H,37,44)/t27-,29-,30+,31-,35+/m1/s1. The Balaban J connectivity index is 1.45. The van der Waals surface area contributed by atoms with E-state index in [4.69, 9.17) is 23.7 Å². The van der Waals surface area contributed by atoms with E-state index in [0.29, 0.717) is 34.3 Å². The summed E-state index contributed by atoms with van der Waals surface area (Å²) in [5.41, 5.74) is 1.22. The minimum Gasteiger partial charge on any atom is -0.493 e. The SMILES string of the molecule is CCCCCCCCOc1c(CO)c2ccc(NC(=O)C=Cc3cc(OC)c(O[C@@H]4O[C@H](CO)[C@@H](O)[C@H](O)[C@H]4O)c(OC)c3)cc2[nH]c1=O. The molecule has 1 aliphatic rings. The van der Waals surface area contributed by atoms with Crippen molar-refractivity contribution in [1.29, 1.82) is 0 Å². The van der Waals surface area contributed by atoms with Crippen LogP contribution in [0.2, 0.25) is 0 Å². The van der Waals surface area contributed by atoms with Crippen LogP contribution in [0.25, 0.3) is 17.0 Å². The molecule has 1 fully saturated rings. The lowest BCUT2D eigenvalue weighted by Crippen LogP contribution is -2.60. The Morgan fingerprint density at radius 2 is 1.63 bits per heavy atom. The number of aliphatic hydroxyl groups is 5. The van der Waals surface area contributed by atoms with E-state index < -0.39 is 48.8 Å². The number of rotatable bonds is 17. The number of hydrogen-bond donors (Lipinski definition) is 7. The lowest BCUT2D eigenvalue weighted by molar-refractivity contribution is -0.277. The predicted molar refractivity (Wildman–Crippen MR) is 181 cm³/mol. The van der Waals surface area contributed by atoms with E-state index in [1.54, 1.807) is 18.2 Å². The molecule has 0 spiro atoms. The fourth-order valence-electron chi connectivity index (χ4n) is 5.54. The summed E-state index contributed by atoms with van der Waals surface area (Å²) in [7, 11) is 2.73. The van der Waals surface area contributed by atoms with Gasteiger partial charge in [0.15, 0.2) is 17.2 Å². The first-order valence-corrected chi connectivity index (χ1v) is 16.3. The number of aromatic amines is 1. The molecule has 1 amide bonds.